The first-order chi connectivity index (χ1) is 34.5. The Morgan fingerprint density at radius 1 is 0.356 bits per heavy atom. The summed E-state index contributed by atoms with van der Waals surface area (Å²) in [5.74, 6) is -1.63. The molecule has 33 heteroatoms. The summed E-state index contributed by atoms with van der Waals surface area (Å²) < 4.78 is 62.2. The van der Waals surface area contributed by atoms with Gasteiger partial charge in [-0.1, -0.05) is 0 Å². The van der Waals surface area contributed by atoms with Gasteiger partial charge in [0.2, 0.25) is 11.8 Å². The van der Waals surface area contributed by atoms with E-state index in [-0.39, 0.29) is 0 Å². The van der Waals surface area contributed by atoms with Crippen molar-refractivity contribution in [3.05, 3.63) is 0 Å². The predicted molar refractivity (Wildman–Crippen MR) is 222 cm³/mol. The Labute approximate surface area is 413 Å². The van der Waals surface area contributed by atoms with Gasteiger partial charge in [-0.3, -0.25) is 9.59 Å². The second-order valence-electron chi connectivity index (χ2n) is 18.3. The molecule has 0 spiro atoms. The molecule has 20 N–H and O–H groups in total. The molecular weight excluding hydrogens is 1000 g/mol. The van der Waals surface area contributed by atoms with Crippen molar-refractivity contribution in [3.8, 4) is 0 Å². The topological polar surface area (TPSA) is 524 Å². The van der Waals surface area contributed by atoms with Crippen molar-refractivity contribution in [2.24, 2.45) is 0 Å². The zero-order chi connectivity index (χ0) is 53.9. The fourth-order valence-electron chi connectivity index (χ4n) is 9.22. The van der Waals surface area contributed by atoms with Gasteiger partial charge in [0, 0.05) is 13.8 Å². The Balaban J connectivity index is 1.16. The van der Waals surface area contributed by atoms with E-state index in [9.17, 15) is 102 Å². The lowest BCUT2D eigenvalue weighted by Crippen LogP contribution is -2.70. The fraction of sp³-hybridized carbons (Fsp3) is 0.950. The van der Waals surface area contributed by atoms with Crippen molar-refractivity contribution in [2.75, 3.05) is 39.6 Å². The van der Waals surface area contributed by atoms with Crippen molar-refractivity contribution >= 4 is 11.8 Å². The first-order valence-corrected chi connectivity index (χ1v) is 23.1. The molecule has 6 aliphatic rings. The molecule has 6 heterocycles. The van der Waals surface area contributed by atoms with Gasteiger partial charge in [-0.25, -0.2) is 0 Å². The zero-order valence-electron chi connectivity index (χ0n) is 38.9. The summed E-state index contributed by atoms with van der Waals surface area (Å²) in [5.41, 5.74) is 0. The third-order valence-electron chi connectivity index (χ3n) is 13.2. The molecule has 6 saturated heterocycles. The van der Waals surface area contributed by atoms with E-state index in [0.717, 1.165) is 13.8 Å². The van der Waals surface area contributed by atoms with Crippen LogP contribution >= 0.6 is 0 Å². The molecule has 0 aliphatic carbocycles. The molecule has 73 heavy (non-hydrogen) atoms. The number of carbonyl (C=O) groups excluding carboxylic acids is 2. The van der Waals surface area contributed by atoms with Crippen molar-refractivity contribution < 1.29 is 154 Å². The van der Waals surface area contributed by atoms with Gasteiger partial charge in [0.05, 0.1) is 39.6 Å². The highest BCUT2D eigenvalue weighted by atomic mass is 16.8. The fourth-order valence-corrected chi connectivity index (χ4v) is 9.22. The maximum atomic E-state index is 12.5. The molecule has 0 aromatic rings. The van der Waals surface area contributed by atoms with Gasteiger partial charge in [-0.05, 0) is 0 Å². The smallest absolute Gasteiger partial charge is 0.217 e. The van der Waals surface area contributed by atoms with Gasteiger partial charge >= 0.3 is 0 Å². The highest BCUT2D eigenvalue weighted by Gasteiger charge is 2.57. The van der Waals surface area contributed by atoms with Crippen molar-refractivity contribution in [2.45, 2.75) is 198 Å². The van der Waals surface area contributed by atoms with Crippen LogP contribution in [0.2, 0.25) is 0 Å². The summed E-state index contributed by atoms with van der Waals surface area (Å²) in [6, 6.07) is -3.39. The molecule has 6 fully saturated rings. The standard InChI is InChI=1S/C40H68N2O31/c1-9(48)41-17-22(53)31(14(6-46)67-36(17)63-8-16-20(51)25(56)29(60)39(69-16)72-33-13(5-45)64-35(62)27(58)26(33)57)71-40-30(61)34(21(52)12(4-44)66-40)73-37-18(42-10(2)49)23(54)32(15(7-47)68-37)70-38-28(59)24(55)19(50)11(3-43)65-38/h11-40,43-47,50-62H,3-8H2,1-2H3,(H,41,48)(H,42,49)/t11-,12-,13-,14-,15-,16-,17-,18-,19+,20+,21+,22-,23-,24+,25+,26-,27-,28-,29-,30-,31-,32-,33-,34+,35-,36-,37+,38+,39+,40+/m1/s1. The molecule has 0 unspecified atom stereocenters. The van der Waals surface area contributed by atoms with Gasteiger partial charge in [0.25, 0.3) is 0 Å². The van der Waals surface area contributed by atoms with Gasteiger partial charge in [0.1, 0.15) is 146 Å². The van der Waals surface area contributed by atoms with E-state index in [2.05, 4.69) is 10.6 Å². The number of nitrogens with one attached hydrogen (secondary N) is 2. The van der Waals surface area contributed by atoms with Crippen LogP contribution in [-0.4, -0.2) is 327 Å². The van der Waals surface area contributed by atoms with Crippen LogP contribution in [0.1, 0.15) is 13.8 Å². The zero-order valence-corrected chi connectivity index (χ0v) is 38.9. The van der Waals surface area contributed by atoms with E-state index in [1.807, 2.05) is 0 Å². The van der Waals surface area contributed by atoms with E-state index >= 15 is 0 Å². The minimum atomic E-state index is -2.18. The van der Waals surface area contributed by atoms with E-state index in [1.54, 1.807) is 0 Å². The quantitative estimate of drug-likeness (QED) is 0.0606. The Bertz CT molecular complexity index is 1750. The average Bonchev–Trinajstić information content (AvgIpc) is 3.36. The summed E-state index contributed by atoms with van der Waals surface area (Å²) in [4.78, 5) is 24.9. The maximum Gasteiger partial charge on any atom is 0.217 e. The number of rotatable bonds is 18. The second-order valence-corrected chi connectivity index (χ2v) is 18.3. The average molecular weight is 1070 g/mol. The van der Waals surface area contributed by atoms with Crippen LogP contribution in [0.3, 0.4) is 0 Å². The van der Waals surface area contributed by atoms with Crippen LogP contribution in [0, 0.1) is 0 Å². The van der Waals surface area contributed by atoms with E-state index < -0.39 is 236 Å². The lowest BCUT2D eigenvalue weighted by Gasteiger charge is -2.50. The molecule has 33 nitrogen and oxygen atoms in total. The Kier molecular flexibility index (Phi) is 21.3. The third kappa shape index (κ3) is 13.0. The maximum absolute atomic E-state index is 12.5. The summed E-state index contributed by atoms with van der Waals surface area (Å²) in [7, 11) is 0. The Morgan fingerprint density at radius 2 is 0.712 bits per heavy atom. The molecule has 0 aromatic heterocycles. The molecule has 0 radical (unpaired) electrons. The summed E-state index contributed by atoms with van der Waals surface area (Å²) in [6.45, 7) is -3.49. The molecule has 0 saturated carbocycles. The van der Waals surface area contributed by atoms with E-state index in [1.165, 1.54) is 0 Å². The Hall–Kier alpha value is -2.22. The first-order valence-electron chi connectivity index (χ1n) is 23.1. The highest BCUT2D eigenvalue weighted by molar-refractivity contribution is 5.73. The molecular formula is C40H68N2O31. The molecule has 2 amide bonds. The van der Waals surface area contributed by atoms with E-state index in [0.29, 0.717) is 0 Å². The van der Waals surface area contributed by atoms with Crippen molar-refractivity contribution in [1.29, 1.82) is 0 Å². The third-order valence-corrected chi connectivity index (χ3v) is 13.2. The van der Waals surface area contributed by atoms with E-state index in [4.69, 9.17) is 52.1 Å². The lowest BCUT2D eigenvalue weighted by atomic mass is 9.94. The monoisotopic (exact) mass is 1070 g/mol. The summed E-state index contributed by atoms with van der Waals surface area (Å²) >= 11 is 0. The predicted octanol–water partition coefficient (Wildman–Crippen LogP) is -13.8. The SMILES string of the molecule is CC(=O)N[C@H]1[C@H](O[C@H]2[C@@H](O)[C@@H](CO)O[C@@H](O[C@H]3[C@H](O)[C@@H](NC(C)=O)[C@H](OC[C@H]4O[C@@H](O[C@H]5[C@H](O)[C@@H](O)[C@H](O)O[C@@H]5CO)[C@H](O)[C@@H](O)[C@H]4O)O[C@@H]3CO)[C@@H]2O)O[C@H](CO)[C@@H](O[C@@H]2O[C@H](CO)[C@H](O)[C@H](O)[C@H]2O)[C@@H]1O. The van der Waals surface area contributed by atoms with Crippen LogP contribution in [-0.2, 0) is 61.7 Å². The molecule has 30 atom stereocenters. The number of hydrogen-bond donors (Lipinski definition) is 20. The number of aliphatic hydroxyl groups excluding tert-OH is 18. The van der Waals surface area contributed by atoms with Gasteiger partial charge in [0.15, 0.2) is 37.7 Å². The lowest BCUT2D eigenvalue weighted by molar-refractivity contribution is -0.379. The molecule has 424 valence electrons. The van der Waals surface area contributed by atoms with Crippen LogP contribution in [0.5, 0.6) is 0 Å². The summed E-state index contributed by atoms with van der Waals surface area (Å²) in [6.07, 6.45) is -52.1. The van der Waals surface area contributed by atoms with Crippen LogP contribution < -0.4 is 10.6 Å². The Morgan fingerprint density at radius 3 is 1.18 bits per heavy atom. The molecule has 0 aromatic carbocycles. The second kappa shape index (κ2) is 26.0. The number of hydrogen-bond acceptors (Lipinski definition) is 31. The van der Waals surface area contributed by atoms with Gasteiger partial charge < -0.3 is 155 Å². The number of carbonyl (C=O) groups is 2. The van der Waals surface area contributed by atoms with Crippen LogP contribution in [0.4, 0.5) is 0 Å². The van der Waals surface area contributed by atoms with Gasteiger partial charge in [-0.2, -0.15) is 0 Å². The minimum absolute atomic E-state index is 0.807. The number of amides is 2. The molecule has 6 rings (SSSR count). The van der Waals surface area contributed by atoms with Crippen LogP contribution in [0.25, 0.3) is 0 Å². The van der Waals surface area contributed by atoms with Crippen LogP contribution in [0.15, 0.2) is 0 Å². The van der Waals surface area contributed by atoms with Gasteiger partial charge in [-0.15, -0.1) is 0 Å². The minimum Gasteiger partial charge on any atom is -0.394 e. The molecule has 0 bridgehead atoms. The highest BCUT2D eigenvalue weighted by Crippen LogP contribution is 2.36. The van der Waals surface area contributed by atoms with Crippen molar-refractivity contribution in [1.82, 2.24) is 10.6 Å². The first kappa shape index (κ1) is 60.0. The number of ether oxygens (including phenoxy) is 11. The largest absolute Gasteiger partial charge is 0.394 e. The summed E-state index contributed by atoms with van der Waals surface area (Å²) in [5, 5.41) is 195. The molecule has 6 aliphatic heterocycles. The number of aliphatic hydroxyl groups is 18. The normalized spacial score (nSPS) is 49.8. The van der Waals surface area contributed by atoms with Crippen molar-refractivity contribution in [3.63, 3.8) is 0 Å².